The molecule has 1 saturated heterocycles. The summed E-state index contributed by atoms with van der Waals surface area (Å²) in [6.45, 7) is 22.6. The molecular formula is C54H90O7. The fraction of sp³-hybridized carbons (Fsp3) is 0.963. The fourth-order valence-corrected chi connectivity index (χ4v) is 18.3. The molecule has 9 rings (SSSR count). The second kappa shape index (κ2) is 16.5. The Bertz CT molecular complexity index is 1620. The number of epoxide rings is 1. The summed E-state index contributed by atoms with van der Waals surface area (Å²) in [5.74, 6) is 7.54. The van der Waals surface area contributed by atoms with E-state index in [0.717, 1.165) is 63.2 Å². The summed E-state index contributed by atoms with van der Waals surface area (Å²) in [5, 5.41) is 43.1. The molecule has 348 valence electrons. The van der Waals surface area contributed by atoms with Gasteiger partial charge in [-0.2, -0.15) is 0 Å². The lowest BCUT2D eigenvalue weighted by atomic mass is 9.44. The number of fused-ring (bicyclic) bond motifs is 10. The molecule has 61 heavy (non-hydrogen) atoms. The zero-order chi connectivity index (χ0) is 44.2. The first-order chi connectivity index (χ1) is 28.4. The van der Waals surface area contributed by atoms with Crippen molar-refractivity contribution in [3.63, 3.8) is 0 Å². The van der Waals surface area contributed by atoms with E-state index in [1.807, 2.05) is 0 Å². The number of rotatable bonds is 9. The van der Waals surface area contributed by atoms with E-state index in [1.165, 1.54) is 64.2 Å². The van der Waals surface area contributed by atoms with Crippen LogP contribution in [0.1, 0.15) is 198 Å². The van der Waals surface area contributed by atoms with E-state index in [4.69, 9.17) is 4.74 Å². The number of hydrogen-bond donors (Lipinski definition) is 4. The number of carbonyl (C=O) groups excluding carboxylic acids is 2. The van der Waals surface area contributed by atoms with Gasteiger partial charge in [-0.3, -0.25) is 9.59 Å². The summed E-state index contributed by atoms with van der Waals surface area (Å²) >= 11 is 0. The summed E-state index contributed by atoms with van der Waals surface area (Å²) in [5.41, 5.74) is 0.209. The normalized spacial score (nSPS) is 50.0. The molecule has 20 atom stereocenters. The molecule has 0 bridgehead atoms. The molecule has 0 aromatic rings. The Morgan fingerprint density at radius 1 is 0.623 bits per heavy atom. The van der Waals surface area contributed by atoms with E-state index in [0.29, 0.717) is 95.1 Å². The number of hydrogen-bond acceptors (Lipinski definition) is 7. The number of carbonyl (C=O) groups is 2. The topological polar surface area (TPSA) is 128 Å². The van der Waals surface area contributed by atoms with Crippen molar-refractivity contribution in [2.75, 3.05) is 0 Å². The highest BCUT2D eigenvalue weighted by molar-refractivity contribution is 5.80. The molecule has 7 nitrogen and oxygen atoms in total. The van der Waals surface area contributed by atoms with Gasteiger partial charge in [-0.1, -0.05) is 41.5 Å². The van der Waals surface area contributed by atoms with E-state index in [1.54, 1.807) is 13.8 Å². The van der Waals surface area contributed by atoms with Crippen LogP contribution in [0.4, 0.5) is 0 Å². The fourth-order valence-electron chi connectivity index (χ4n) is 18.3. The number of ether oxygens (including phenoxy) is 1. The van der Waals surface area contributed by atoms with Gasteiger partial charge in [0.15, 0.2) is 0 Å². The third-order valence-corrected chi connectivity index (χ3v) is 22.3. The van der Waals surface area contributed by atoms with Crippen LogP contribution in [0.3, 0.4) is 0 Å². The summed E-state index contributed by atoms with van der Waals surface area (Å²) < 4.78 is 5.85. The molecule has 9 aliphatic rings. The van der Waals surface area contributed by atoms with Gasteiger partial charge in [-0.15, -0.1) is 0 Å². The Morgan fingerprint density at radius 2 is 1.03 bits per heavy atom. The molecule has 8 aliphatic carbocycles. The Hall–Kier alpha value is -0.860. The van der Waals surface area contributed by atoms with Crippen molar-refractivity contribution in [1.29, 1.82) is 0 Å². The Balaban J connectivity index is 0.000000168. The highest BCUT2D eigenvalue weighted by atomic mass is 16.6. The van der Waals surface area contributed by atoms with Gasteiger partial charge in [0.25, 0.3) is 0 Å². The molecule has 0 amide bonds. The molecule has 8 saturated carbocycles. The third-order valence-electron chi connectivity index (χ3n) is 22.3. The Kier molecular flexibility index (Phi) is 12.6. The van der Waals surface area contributed by atoms with Gasteiger partial charge in [0, 0.05) is 25.7 Å². The van der Waals surface area contributed by atoms with E-state index in [2.05, 4.69) is 55.4 Å². The smallest absolute Gasteiger partial charge is 0.133 e. The first kappa shape index (κ1) is 46.7. The Labute approximate surface area is 371 Å². The highest BCUT2D eigenvalue weighted by Gasteiger charge is 2.65. The van der Waals surface area contributed by atoms with E-state index in [-0.39, 0.29) is 34.1 Å². The SMILES string of the molecule is C[C@H](CCC(O)C(C)(C)O)[C@H]1CC[C@H]2[C@@H]3C(O)C[C@@H]4CC(=O)CC[C@]4(C)[C@H]3CC[C@]12C.C[C@H](CCC1OC1(C)C)[C@H]1CC[C@H]2[C@@H]3C(O)C[C@@H]4CC(=O)CC[C@]4(C)[C@H]3CC[C@]12C. The van der Waals surface area contributed by atoms with Crippen LogP contribution >= 0.6 is 0 Å². The van der Waals surface area contributed by atoms with Crippen LogP contribution in [0, 0.1) is 92.7 Å². The second-order valence-electron chi connectivity index (χ2n) is 26.0. The van der Waals surface area contributed by atoms with Crippen LogP contribution < -0.4 is 0 Å². The average molecular weight is 851 g/mol. The predicted octanol–water partition coefficient (Wildman–Crippen LogP) is 10.5. The van der Waals surface area contributed by atoms with Crippen molar-refractivity contribution < 1.29 is 34.8 Å². The first-order valence-electron chi connectivity index (χ1n) is 25.9. The minimum Gasteiger partial charge on any atom is -0.393 e. The molecule has 0 aromatic heterocycles. The zero-order valence-corrected chi connectivity index (χ0v) is 40.4. The predicted molar refractivity (Wildman–Crippen MR) is 241 cm³/mol. The molecule has 1 aliphatic heterocycles. The number of aliphatic hydroxyl groups is 4. The monoisotopic (exact) mass is 851 g/mol. The second-order valence-corrected chi connectivity index (χ2v) is 26.0. The molecule has 7 heteroatoms. The number of Topliss-reactive ketones (excluding diaryl/α,β-unsaturated/α-hetero) is 2. The van der Waals surface area contributed by atoms with Crippen molar-refractivity contribution in [3.8, 4) is 0 Å². The summed E-state index contributed by atoms with van der Waals surface area (Å²) in [6.07, 6.45) is 20.1. The van der Waals surface area contributed by atoms with Gasteiger partial charge < -0.3 is 25.2 Å². The highest BCUT2D eigenvalue weighted by Crippen LogP contribution is 2.70. The molecule has 1 heterocycles. The van der Waals surface area contributed by atoms with Crippen molar-refractivity contribution in [1.82, 2.24) is 0 Å². The summed E-state index contributed by atoms with van der Waals surface area (Å²) in [4.78, 5) is 24.3. The lowest BCUT2D eigenvalue weighted by molar-refractivity contribution is -0.169. The van der Waals surface area contributed by atoms with Crippen LogP contribution in [0.2, 0.25) is 0 Å². The van der Waals surface area contributed by atoms with Crippen molar-refractivity contribution in [2.45, 2.75) is 233 Å². The largest absolute Gasteiger partial charge is 0.393 e. The molecule has 0 spiro atoms. The first-order valence-corrected chi connectivity index (χ1v) is 25.9. The quantitative estimate of drug-likeness (QED) is 0.170. The van der Waals surface area contributed by atoms with Crippen LogP contribution in [0.5, 0.6) is 0 Å². The third kappa shape index (κ3) is 8.13. The molecule has 4 N–H and O–H groups in total. The maximum Gasteiger partial charge on any atom is 0.133 e. The maximum absolute atomic E-state index is 12.1. The minimum atomic E-state index is -1.04. The Morgan fingerprint density at radius 3 is 1.44 bits per heavy atom. The number of aliphatic hydroxyl groups excluding tert-OH is 3. The van der Waals surface area contributed by atoms with Gasteiger partial charge >= 0.3 is 0 Å². The summed E-state index contributed by atoms with van der Waals surface area (Å²) in [7, 11) is 0. The van der Waals surface area contributed by atoms with Crippen LogP contribution in [-0.4, -0.2) is 67.6 Å². The van der Waals surface area contributed by atoms with Crippen LogP contribution in [-0.2, 0) is 14.3 Å². The van der Waals surface area contributed by atoms with Crippen LogP contribution in [0.15, 0.2) is 0 Å². The lowest BCUT2D eigenvalue weighted by Gasteiger charge is -2.62. The molecule has 4 unspecified atom stereocenters. The molecule has 0 radical (unpaired) electrons. The van der Waals surface area contributed by atoms with E-state index in [9.17, 15) is 30.0 Å². The van der Waals surface area contributed by atoms with Gasteiger partial charge in [-0.05, 0) is 223 Å². The molecule has 9 fully saturated rings. The van der Waals surface area contributed by atoms with Gasteiger partial charge in [0.05, 0.1) is 35.6 Å². The van der Waals surface area contributed by atoms with Crippen molar-refractivity contribution >= 4 is 11.6 Å². The standard InChI is InChI=1S/C27H46O4.C27H44O3/c1-16(6-9-23(30)25(2,3)31)19-7-8-20-24-21(11-13-27(19,20)5)26(4)12-10-18(28)14-17(26)15-22(24)29;1-16(6-9-23-25(2,3)30-23)19-7-8-20-24-21(11-13-27(19,20)5)26(4)12-10-18(28)14-17(26)15-22(24)29/h16-17,19-24,29-31H,6-15H2,1-5H3;16-17,19-24,29H,6-15H2,1-5H3/t2*16-,17+,19-,20+,21+,22?,23?,24+,26+,27-/m11/s1. The van der Waals surface area contributed by atoms with Gasteiger partial charge in [-0.25, -0.2) is 0 Å². The van der Waals surface area contributed by atoms with Gasteiger partial charge in [0.2, 0.25) is 0 Å². The lowest BCUT2D eigenvalue weighted by Crippen LogP contribution is -2.58. The number of ketones is 2. The zero-order valence-electron chi connectivity index (χ0n) is 40.4. The van der Waals surface area contributed by atoms with Crippen molar-refractivity contribution in [2.24, 2.45) is 92.7 Å². The van der Waals surface area contributed by atoms with E-state index < -0.39 is 11.7 Å². The molecular weight excluding hydrogens is 761 g/mol. The summed E-state index contributed by atoms with van der Waals surface area (Å²) in [6, 6.07) is 0. The minimum absolute atomic E-state index is 0.111. The maximum atomic E-state index is 12.1. The van der Waals surface area contributed by atoms with Crippen LogP contribution in [0.25, 0.3) is 0 Å². The average Bonchev–Trinajstić information content (AvgIpc) is 3.45. The van der Waals surface area contributed by atoms with Gasteiger partial charge in [0.1, 0.15) is 11.6 Å². The molecule has 0 aromatic carbocycles. The van der Waals surface area contributed by atoms with E-state index >= 15 is 0 Å². The van der Waals surface area contributed by atoms with Crippen molar-refractivity contribution in [3.05, 3.63) is 0 Å².